The van der Waals surface area contributed by atoms with Gasteiger partial charge in [-0.15, -0.1) is 11.3 Å². The molecule has 0 atom stereocenters. The molecule has 0 radical (unpaired) electrons. The number of halogens is 9. The van der Waals surface area contributed by atoms with Gasteiger partial charge in [-0.2, -0.15) is 45.3 Å². The monoisotopic (exact) mass is 533 g/mol. The summed E-state index contributed by atoms with van der Waals surface area (Å²) in [6.45, 7) is 0. The number of hydrogen-bond donors (Lipinski definition) is 0. The Morgan fingerprint density at radius 2 is 1.82 bits per heavy atom. The van der Waals surface area contributed by atoms with Crippen LogP contribution in [0.25, 0.3) is 16.4 Å². The fraction of sp³-hybridized carbons (Fsp3) is 0.444. The molecule has 0 aromatic carbocycles. The van der Waals surface area contributed by atoms with Crippen LogP contribution >= 0.6 is 22.9 Å². The van der Waals surface area contributed by atoms with Gasteiger partial charge in [0.2, 0.25) is 0 Å². The molecule has 0 unspecified atom stereocenters. The molecule has 0 spiro atoms. The summed E-state index contributed by atoms with van der Waals surface area (Å²) in [6, 6.07) is 0. The second-order valence-corrected chi connectivity index (χ2v) is 9.23. The summed E-state index contributed by atoms with van der Waals surface area (Å²) >= 11 is 6.92. The van der Waals surface area contributed by atoms with Gasteiger partial charge in [0.1, 0.15) is 20.6 Å². The number of alkyl halides is 8. The van der Waals surface area contributed by atoms with Crippen molar-refractivity contribution in [3.8, 4) is 16.4 Å². The van der Waals surface area contributed by atoms with E-state index in [2.05, 4.69) is 15.2 Å². The SMILES string of the molecule is Cn1nc(C(F)(F)C(F)(F)F)c(C(F)(F)F)c1-n1cc(-c2nc(C(=O)CC3CC3)c(Cl)s2)cn1. The Balaban J connectivity index is 1.77. The lowest BCUT2D eigenvalue weighted by Crippen LogP contribution is -2.36. The number of ketones is 1. The van der Waals surface area contributed by atoms with Crippen LogP contribution in [0.2, 0.25) is 4.34 Å². The number of carbonyl (C=O) groups excluding carboxylic acids is 1. The van der Waals surface area contributed by atoms with Crippen molar-refractivity contribution in [2.75, 3.05) is 0 Å². The number of hydrogen-bond acceptors (Lipinski definition) is 5. The summed E-state index contributed by atoms with van der Waals surface area (Å²) in [5.74, 6) is -7.08. The van der Waals surface area contributed by atoms with Crippen LogP contribution in [0.3, 0.4) is 0 Å². The normalized spacial score (nSPS) is 15.2. The smallest absolute Gasteiger partial charge is 0.292 e. The van der Waals surface area contributed by atoms with Gasteiger partial charge in [0.15, 0.2) is 17.3 Å². The molecule has 6 nitrogen and oxygen atoms in total. The van der Waals surface area contributed by atoms with Gasteiger partial charge in [-0.25, -0.2) is 14.3 Å². The third-order valence-electron chi connectivity index (χ3n) is 5.02. The number of aryl methyl sites for hydroxylation is 1. The first-order chi connectivity index (χ1) is 15.6. The molecule has 0 saturated heterocycles. The van der Waals surface area contributed by atoms with E-state index < -0.39 is 35.4 Å². The highest BCUT2D eigenvalue weighted by molar-refractivity contribution is 7.19. The van der Waals surface area contributed by atoms with E-state index in [4.69, 9.17) is 11.6 Å². The number of aromatic nitrogens is 5. The molecule has 3 aromatic heterocycles. The molecule has 0 aliphatic heterocycles. The number of thiazole rings is 1. The standard InChI is InChI=1S/C18H12ClF8N5OS/c1-31-15(10(17(22,23)24)12(30-31)16(20,21)18(25,26)27)32-6-8(5-28-32)14-29-11(13(19)34-14)9(33)4-7-2-3-7/h5-7H,2-4H2,1H3. The number of carbonyl (C=O) groups is 1. The number of Topliss-reactive ketones (excluding diaryl/α,β-unsaturated/α-hetero) is 1. The van der Waals surface area contributed by atoms with Gasteiger partial charge in [0.05, 0.1) is 6.20 Å². The highest BCUT2D eigenvalue weighted by atomic mass is 35.5. The topological polar surface area (TPSA) is 65.6 Å². The molecule has 0 amide bonds. The number of rotatable bonds is 6. The Morgan fingerprint density at radius 3 is 2.38 bits per heavy atom. The predicted octanol–water partition coefficient (Wildman–Crippen LogP) is 6.04. The van der Waals surface area contributed by atoms with Crippen LogP contribution in [0.4, 0.5) is 35.1 Å². The first kappa shape index (κ1) is 24.6. The molecule has 1 saturated carbocycles. The lowest BCUT2D eigenvalue weighted by molar-refractivity contribution is -0.292. The Labute approximate surface area is 194 Å². The molecule has 0 N–H and O–H groups in total. The summed E-state index contributed by atoms with van der Waals surface area (Å²) in [5.41, 5.74) is -4.72. The molecule has 1 fully saturated rings. The van der Waals surface area contributed by atoms with Gasteiger partial charge in [-0.05, 0) is 18.8 Å². The molecule has 1 aliphatic carbocycles. The first-order valence-corrected chi connectivity index (χ1v) is 10.6. The highest BCUT2D eigenvalue weighted by Crippen LogP contribution is 2.49. The molecule has 3 heterocycles. The van der Waals surface area contributed by atoms with E-state index >= 15 is 0 Å². The van der Waals surface area contributed by atoms with Crippen LogP contribution in [-0.4, -0.2) is 36.5 Å². The van der Waals surface area contributed by atoms with Gasteiger partial charge in [-0.1, -0.05) is 11.6 Å². The maximum Gasteiger partial charge on any atom is 0.459 e. The predicted molar refractivity (Wildman–Crippen MR) is 103 cm³/mol. The van der Waals surface area contributed by atoms with Crippen LogP contribution in [0.5, 0.6) is 0 Å². The van der Waals surface area contributed by atoms with Crippen LogP contribution in [0.1, 0.15) is 41.0 Å². The summed E-state index contributed by atoms with van der Waals surface area (Å²) in [5, 5.41) is 6.61. The van der Waals surface area contributed by atoms with E-state index in [9.17, 15) is 39.9 Å². The van der Waals surface area contributed by atoms with Crippen LogP contribution < -0.4 is 0 Å². The zero-order chi connectivity index (χ0) is 25.2. The average molecular weight is 534 g/mol. The van der Waals surface area contributed by atoms with Crippen molar-refractivity contribution < 1.29 is 39.9 Å². The van der Waals surface area contributed by atoms with Crippen LogP contribution in [0, 0.1) is 5.92 Å². The number of nitrogens with zero attached hydrogens (tertiary/aromatic N) is 5. The largest absolute Gasteiger partial charge is 0.459 e. The van der Waals surface area contributed by atoms with Gasteiger partial charge in [0.25, 0.3) is 0 Å². The van der Waals surface area contributed by atoms with Crippen LogP contribution in [-0.2, 0) is 19.1 Å². The average Bonchev–Trinajstić information content (AvgIpc) is 3.10. The van der Waals surface area contributed by atoms with E-state index in [1.165, 1.54) is 0 Å². The van der Waals surface area contributed by atoms with Crippen molar-refractivity contribution in [2.45, 2.75) is 37.5 Å². The van der Waals surface area contributed by atoms with Gasteiger partial charge in [-0.3, -0.25) is 4.79 Å². The first-order valence-electron chi connectivity index (χ1n) is 9.45. The molecule has 3 aromatic rings. The fourth-order valence-electron chi connectivity index (χ4n) is 3.22. The second-order valence-electron chi connectivity index (χ2n) is 7.63. The minimum Gasteiger partial charge on any atom is -0.292 e. The van der Waals surface area contributed by atoms with Crippen molar-refractivity contribution in [1.82, 2.24) is 24.5 Å². The fourth-order valence-corrected chi connectivity index (χ4v) is 4.37. The molecule has 1 aliphatic rings. The van der Waals surface area contributed by atoms with E-state index in [1.807, 2.05) is 0 Å². The Hall–Kier alpha value is -2.55. The molecule has 16 heteroatoms. The third-order valence-corrected chi connectivity index (χ3v) is 6.32. The Kier molecular flexibility index (Phi) is 5.78. The van der Waals surface area contributed by atoms with E-state index in [-0.39, 0.29) is 43.4 Å². The molecule has 4 rings (SSSR count). The van der Waals surface area contributed by atoms with Crippen molar-refractivity contribution in [1.29, 1.82) is 0 Å². The van der Waals surface area contributed by atoms with Crippen LogP contribution in [0.15, 0.2) is 12.4 Å². The zero-order valence-corrected chi connectivity index (χ0v) is 18.4. The van der Waals surface area contributed by atoms with E-state index in [1.54, 1.807) is 0 Å². The summed E-state index contributed by atoms with van der Waals surface area (Å²) in [6.07, 6.45) is -7.90. The van der Waals surface area contributed by atoms with E-state index in [0.29, 0.717) is 4.68 Å². The molecular formula is C18H12ClF8N5OS. The van der Waals surface area contributed by atoms with Gasteiger partial charge < -0.3 is 0 Å². The van der Waals surface area contributed by atoms with Crippen molar-refractivity contribution >= 4 is 28.7 Å². The minimum atomic E-state index is -6.31. The van der Waals surface area contributed by atoms with Gasteiger partial charge in [0, 0.05) is 25.2 Å². The molecular weight excluding hydrogens is 522 g/mol. The third kappa shape index (κ3) is 4.30. The molecule has 184 valence electrons. The summed E-state index contributed by atoms with van der Waals surface area (Å²) < 4.78 is 108. The van der Waals surface area contributed by atoms with Gasteiger partial charge >= 0.3 is 18.3 Å². The zero-order valence-electron chi connectivity index (χ0n) is 16.8. The minimum absolute atomic E-state index is 0.00932. The Bertz CT molecular complexity index is 1250. The lowest BCUT2D eigenvalue weighted by Gasteiger charge is -2.19. The van der Waals surface area contributed by atoms with Crippen molar-refractivity contribution in [3.05, 3.63) is 33.7 Å². The maximum absolute atomic E-state index is 13.9. The summed E-state index contributed by atoms with van der Waals surface area (Å²) in [4.78, 5) is 16.4. The molecule has 0 bridgehead atoms. The lowest BCUT2D eigenvalue weighted by atomic mass is 10.1. The second kappa shape index (κ2) is 8.00. The van der Waals surface area contributed by atoms with Crippen molar-refractivity contribution in [2.24, 2.45) is 13.0 Å². The molecule has 34 heavy (non-hydrogen) atoms. The maximum atomic E-state index is 13.9. The Morgan fingerprint density at radius 1 is 1.18 bits per heavy atom. The quantitative estimate of drug-likeness (QED) is 0.286. The highest BCUT2D eigenvalue weighted by Gasteiger charge is 2.64. The van der Waals surface area contributed by atoms with Crippen molar-refractivity contribution in [3.63, 3.8) is 0 Å². The van der Waals surface area contributed by atoms with E-state index in [0.717, 1.165) is 43.6 Å². The summed E-state index contributed by atoms with van der Waals surface area (Å²) in [7, 11) is 0.775.